The first-order valence-corrected chi connectivity index (χ1v) is 6.27. The lowest BCUT2D eigenvalue weighted by molar-refractivity contribution is -0.137. The Balaban J connectivity index is 2.04. The summed E-state index contributed by atoms with van der Waals surface area (Å²) in [5.74, 6) is 0. The fraction of sp³-hybridized carbons (Fsp3) is 0.385. The molecule has 0 spiro atoms. The van der Waals surface area contributed by atoms with Gasteiger partial charge in [-0.2, -0.15) is 18.4 Å². The molecule has 21 heavy (non-hydrogen) atoms. The van der Waals surface area contributed by atoms with Crippen molar-refractivity contribution in [2.45, 2.75) is 12.2 Å². The van der Waals surface area contributed by atoms with Gasteiger partial charge < -0.3 is 15.5 Å². The Morgan fingerprint density at radius 2 is 2.05 bits per heavy atom. The largest absolute Gasteiger partial charge is 0.416 e. The zero-order chi connectivity index (χ0) is 15.5. The number of halogens is 3. The molecule has 8 heteroatoms. The lowest BCUT2D eigenvalue weighted by Gasteiger charge is -2.31. The van der Waals surface area contributed by atoms with Crippen molar-refractivity contribution < 1.29 is 18.0 Å². The highest BCUT2D eigenvalue weighted by Gasteiger charge is 2.30. The third kappa shape index (κ3) is 3.64. The van der Waals surface area contributed by atoms with Crippen LogP contribution in [0.3, 0.4) is 0 Å². The minimum absolute atomic E-state index is 0.253. The molecule has 0 aromatic heterocycles. The summed E-state index contributed by atoms with van der Waals surface area (Å²) in [5.41, 5.74) is -0.527. The molecular weight excluding hydrogens is 285 g/mol. The SMILES string of the molecule is N#CC1CNCCN1C(=O)Nc1ccc(C(F)(F)F)cc1. The molecule has 0 aliphatic carbocycles. The first kappa shape index (κ1) is 15.1. The Morgan fingerprint density at radius 3 is 2.62 bits per heavy atom. The maximum atomic E-state index is 12.4. The number of nitriles is 1. The number of carbonyl (C=O) groups is 1. The molecule has 1 aliphatic rings. The van der Waals surface area contributed by atoms with Crippen molar-refractivity contribution in [1.29, 1.82) is 5.26 Å². The number of urea groups is 1. The number of nitrogens with zero attached hydrogens (tertiary/aromatic N) is 2. The molecule has 1 saturated heterocycles. The second kappa shape index (κ2) is 6.01. The Labute approximate surface area is 119 Å². The van der Waals surface area contributed by atoms with E-state index in [2.05, 4.69) is 10.6 Å². The van der Waals surface area contributed by atoms with Crippen LogP contribution in [-0.4, -0.2) is 36.6 Å². The van der Waals surface area contributed by atoms with Crippen LogP contribution in [-0.2, 0) is 6.18 Å². The van der Waals surface area contributed by atoms with E-state index in [4.69, 9.17) is 5.26 Å². The number of hydrogen-bond donors (Lipinski definition) is 2. The van der Waals surface area contributed by atoms with Gasteiger partial charge in [-0.25, -0.2) is 4.79 Å². The highest BCUT2D eigenvalue weighted by molar-refractivity contribution is 5.89. The predicted molar refractivity (Wildman–Crippen MR) is 69.4 cm³/mol. The molecule has 1 aromatic rings. The topological polar surface area (TPSA) is 68.2 Å². The molecule has 5 nitrogen and oxygen atoms in total. The Morgan fingerprint density at radius 1 is 1.38 bits per heavy atom. The molecule has 1 unspecified atom stereocenters. The van der Waals surface area contributed by atoms with E-state index in [1.165, 1.54) is 17.0 Å². The van der Waals surface area contributed by atoms with Crippen molar-refractivity contribution in [3.63, 3.8) is 0 Å². The van der Waals surface area contributed by atoms with Crippen LogP contribution in [0.4, 0.5) is 23.7 Å². The van der Waals surface area contributed by atoms with Crippen molar-refractivity contribution in [1.82, 2.24) is 10.2 Å². The van der Waals surface area contributed by atoms with Crippen molar-refractivity contribution in [2.24, 2.45) is 0 Å². The molecule has 112 valence electrons. The maximum absolute atomic E-state index is 12.4. The van der Waals surface area contributed by atoms with Gasteiger partial charge in [-0.3, -0.25) is 0 Å². The number of rotatable bonds is 1. The Bertz CT molecular complexity index is 550. The van der Waals surface area contributed by atoms with E-state index in [1.54, 1.807) is 0 Å². The molecule has 2 N–H and O–H groups in total. The fourth-order valence-electron chi connectivity index (χ4n) is 2.00. The number of anilines is 1. The number of nitrogens with one attached hydrogen (secondary N) is 2. The second-order valence-corrected chi connectivity index (χ2v) is 4.55. The van der Waals surface area contributed by atoms with Crippen molar-refractivity contribution >= 4 is 11.7 Å². The van der Waals surface area contributed by atoms with Gasteiger partial charge in [0.1, 0.15) is 6.04 Å². The first-order chi connectivity index (χ1) is 9.91. The number of alkyl halides is 3. The molecule has 0 radical (unpaired) electrons. The van der Waals surface area contributed by atoms with E-state index < -0.39 is 23.8 Å². The third-order valence-electron chi connectivity index (χ3n) is 3.12. The van der Waals surface area contributed by atoms with Gasteiger partial charge in [-0.15, -0.1) is 0 Å². The van der Waals surface area contributed by atoms with Crippen molar-refractivity contribution in [3.05, 3.63) is 29.8 Å². The quantitative estimate of drug-likeness (QED) is 0.833. The smallest absolute Gasteiger partial charge is 0.312 e. The minimum Gasteiger partial charge on any atom is -0.312 e. The van der Waals surface area contributed by atoms with Gasteiger partial charge in [0.05, 0.1) is 11.6 Å². The van der Waals surface area contributed by atoms with Crippen LogP contribution in [0.25, 0.3) is 0 Å². The van der Waals surface area contributed by atoms with E-state index in [9.17, 15) is 18.0 Å². The van der Waals surface area contributed by atoms with Gasteiger partial charge in [0.15, 0.2) is 0 Å². The summed E-state index contributed by atoms with van der Waals surface area (Å²) in [6, 6.07) is 5.08. The van der Waals surface area contributed by atoms with Crippen LogP contribution >= 0.6 is 0 Å². The Hall–Kier alpha value is -2.27. The molecule has 1 aromatic carbocycles. The minimum atomic E-state index is -4.41. The van der Waals surface area contributed by atoms with E-state index in [0.29, 0.717) is 19.6 Å². The van der Waals surface area contributed by atoms with E-state index in [0.717, 1.165) is 12.1 Å². The standard InChI is InChI=1S/C13H13F3N4O/c14-13(15,16)9-1-3-10(4-2-9)19-12(21)20-6-5-18-8-11(20)7-17/h1-4,11,18H,5-6,8H2,(H,19,21). The molecule has 0 saturated carbocycles. The molecule has 0 bridgehead atoms. The number of benzene rings is 1. The van der Waals surface area contributed by atoms with Crippen LogP contribution in [0, 0.1) is 11.3 Å². The van der Waals surface area contributed by atoms with Crippen LogP contribution < -0.4 is 10.6 Å². The molecular formula is C13H13F3N4O. The summed E-state index contributed by atoms with van der Waals surface area (Å²) in [6.45, 7) is 1.31. The van der Waals surface area contributed by atoms with Crippen LogP contribution in [0.1, 0.15) is 5.56 Å². The third-order valence-corrected chi connectivity index (χ3v) is 3.12. The molecule has 1 aliphatic heterocycles. The number of hydrogen-bond acceptors (Lipinski definition) is 3. The first-order valence-electron chi connectivity index (χ1n) is 6.27. The van der Waals surface area contributed by atoms with Gasteiger partial charge in [-0.05, 0) is 24.3 Å². The summed E-state index contributed by atoms with van der Waals surface area (Å²) in [6.07, 6.45) is -4.41. The average Bonchev–Trinajstić information content (AvgIpc) is 2.46. The van der Waals surface area contributed by atoms with E-state index in [-0.39, 0.29) is 5.69 Å². The van der Waals surface area contributed by atoms with Gasteiger partial charge in [0, 0.05) is 25.3 Å². The van der Waals surface area contributed by atoms with Crippen LogP contribution in [0.2, 0.25) is 0 Å². The van der Waals surface area contributed by atoms with E-state index in [1.807, 2.05) is 6.07 Å². The normalized spacial score (nSPS) is 19.0. The van der Waals surface area contributed by atoms with Crippen LogP contribution in [0.15, 0.2) is 24.3 Å². The zero-order valence-corrected chi connectivity index (χ0v) is 10.9. The van der Waals surface area contributed by atoms with E-state index >= 15 is 0 Å². The van der Waals surface area contributed by atoms with Gasteiger partial charge in [0.25, 0.3) is 0 Å². The molecule has 1 fully saturated rings. The van der Waals surface area contributed by atoms with Crippen molar-refractivity contribution in [2.75, 3.05) is 25.0 Å². The molecule has 2 amide bonds. The predicted octanol–water partition coefficient (Wildman–Crippen LogP) is 2.03. The number of amides is 2. The highest BCUT2D eigenvalue weighted by atomic mass is 19.4. The molecule has 1 atom stereocenters. The second-order valence-electron chi connectivity index (χ2n) is 4.55. The summed E-state index contributed by atoms with van der Waals surface area (Å²) >= 11 is 0. The lowest BCUT2D eigenvalue weighted by atomic mass is 10.2. The lowest BCUT2D eigenvalue weighted by Crippen LogP contribution is -2.54. The Kier molecular flexibility index (Phi) is 4.33. The van der Waals surface area contributed by atoms with Crippen molar-refractivity contribution in [3.8, 4) is 6.07 Å². The number of piperazine rings is 1. The summed E-state index contributed by atoms with van der Waals surface area (Å²) in [5, 5.41) is 14.5. The number of carbonyl (C=O) groups excluding carboxylic acids is 1. The summed E-state index contributed by atoms with van der Waals surface area (Å²) in [4.78, 5) is 13.4. The monoisotopic (exact) mass is 298 g/mol. The van der Waals surface area contributed by atoms with Crippen LogP contribution in [0.5, 0.6) is 0 Å². The van der Waals surface area contributed by atoms with Gasteiger partial charge in [-0.1, -0.05) is 0 Å². The van der Waals surface area contributed by atoms with Gasteiger partial charge in [0.2, 0.25) is 0 Å². The molecule has 1 heterocycles. The maximum Gasteiger partial charge on any atom is 0.416 e. The molecule has 2 rings (SSSR count). The highest BCUT2D eigenvalue weighted by Crippen LogP contribution is 2.29. The van der Waals surface area contributed by atoms with Gasteiger partial charge >= 0.3 is 12.2 Å². The summed E-state index contributed by atoms with van der Waals surface area (Å²) in [7, 11) is 0. The fourth-order valence-corrected chi connectivity index (χ4v) is 2.00. The average molecular weight is 298 g/mol. The summed E-state index contributed by atoms with van der Waals surface area (Å²) < 4.78 is 37.3. The zero-order valence-electron chi connectivity index (χ0n) is 10.9.